The summed E-state index contributed by atoms with van der Waals surface area (Å²) in [6.45, 7) is 7.42. The van der Waals surface area contributed by atoms with Crippen molar-refractivity contribution in [2.75, 3.05) is 19.8 Å². The van der Waals surface area contributed by atoms with Crippen LogP contribution >= 0.6 is 0 Å². The minimum atomic E-state index is -0.832. The topological polar surface area (TPSA) is 73.9 Å². The zero-order valence-corrected chi connectivity index (χ0v) is 15.1. The zero-order valence-electron chi connectivity index (χ0n) is 15.1. The van der Waals surface area contributed by atoms with Crippen molar-refractivity contribution in [1.82, 2.24) is 5.32 Å². The van der Waals surface area contributed by atoms with Gasteiger partial charge in [-0.05, 0) is 49.9 Å². The largest absolute Gasteiger partial charge is 0.491 e. The Labute approximate surface area is 148 Å². The van der Waals surface area contributed by atoms with Crippen molar-refractivity contribution in [3.63, 3.8) is 0 Å². The number of amides is 1. The van der Waals surface area contributed by atoms with Gasteiger partial charge in [0.2, 0.25) is 0 Å². The van der Waals surface area contributed by atoms with Crippen LogP contribution in [0.25, 0.3) is 0 Å². The monoisotopic (exact) mass is 349 g/mol. The molecule has 0 spiro atoms. The number of hydrogen-bond acceptors (Lipinski definition) is 5. The Bertz CT molecular complexity index is 564. The zero-order chi connectivity index (χ0) is 18.2. The maximum absolute atomic E-state index is 12.1. The maximum atomic E-state index is 12.1. The Kier molecular flexibility index (Phi) is 7.25. The van der Waals surface area contributed by atoms with Crippen LogP contribution in [0.4, 0.5) is 0 Å². The van der Waals surface area contributed by atoms with E-state index < -0.39 is 12.1 Å². The van der Waals surface area contributed by atoms with Crippen molar-refractivity contribution in [1.29, 1.82) is 0 Å². The van der Waals surface area contributed by atoms with Crippen LogP contribution in [0.5, 0.6) is 5.75 Å². The summed E-state index contributed by atoms with van der Waals surface area (Å²) in [5.74, 6) is 0.195. The predicted octanol–water partition coefficient (Wildman–Crippen LogP) is 2.56. The molecular formula is C19H27NO5. The van der Waals surface area contributed by atoms with Gasteiger partial charge in [-0.15, -0.1) is 0 Å². The minimum absolute atomic E-state index is 0.148. The predicted molar refractivity (Wildman–Crippen MR) is 93.6 cm³/mol. The Balaban J connectivity index is 1.79. The fourth-order valence-corrected chi connectivity index (χ4v) is 2.38. The second-order valence-electron chi connectivity index (χ2n) is 6.66. The molecule has 0 radical (unpaired) electrons. The van der Waals surface area contributed by atoms with E-state index in [9.17, 15) is 9.59 Å². The minimum Gasteiger partial charge on any atom is -0.491 e. The van der Waals surface area contributed by atoms with Crippen LogP contribution in [-0.2, 0) is 14.3 Å². The van der Waals surface area contributed by atoms with Gasteiger partial charge < -0.3 is 19.5 Å². The lowest BCUT2D eigenvalue weighted by atomic mass is 10.2. The first-order valence-corrected chi connectivity index (χ1v) is 8.79. The highest BCUT2D eigenvalue weighted by atomic mass is 16.5. The molecule has 1 heterocycles. The lowest BCUT2D eigenvalue weighted by Crippen LogP contribution is -2.37. The van der Waals surface area contributed by atoms with Crippen LogP contribution in [0.3, 0.4) is 0 Å². The first-order chi connectivity index (χ1) is 12.0. The van der Waals surface area contributed by atoms with Gasteiger partial charge in [-0.25, -0.2) is 4.79 Å². The molecule has 25 heavy (non-hydrogen) atoms. The number of esters is 1. The molecule has 1 amide bonds. The second kappa shape index (κ2) is 9.42. The number of carbonyl (C=O) groups excluding carboxylic acids is 2. The number of rotatable bonds is 8. The van der Waals surface area contributed by atoms with Crippen LogP contribution in [0.1, 0.15) is 44.0 Å². The molecule has 1 aliphatic rings. The van der Waals surface area contributed by atoms with E-state index in [2.05, 4.69) is 5.32 Å². The third kappa shape index (κ3) is 6.38. The number of nitrogens with one attached hydrogen (secondary N) is 1. The van der Waals surface area contributed by atoms with Crippen LogP contribution in [0.2, 0.25) is 0 Å². The van der Waals surface area contributed by atoms with E-state index in [1.54, 1.807) is 31.2 Å². The summed E-state index contributed by atoms with van der Waals surface area (Å²) in [5, 5.41) is 2.74. The number of benzene rings is 1. The molecule has 0 saturated carbocycles. The fraction of sp³-hybridized carbons (Fsp3) is 0.579. The lowest BCUT2D eigenvalue weighted by Gasteiger charge is -2.15. The lowest BCUT2D eigenvalue weighted by molar-refractivity contribution is -0.129. The molecule has 2 rings (SSSR count). The van der Waals surface area contributed by atoms with Gasteiger partial charge >= 0.3 is 5.97 Å². The SMILES string of the molecule is CC(C)CNC(=O)C(C)OC(=O)c1ccc(OCC2CCCO2)cc1. The van der Waals surface area contributed by atoms with E-state index in [0.29, 0.717) is 30.4 Å². The van der Waals surface area contributed by atoms with E-state index in [1.807, 2.05) is 13.8 Å². The van der Waals surface area contributed by atoms with Gasteiger partial charge in [-0.3, -0.25) is 4.79 Å². The highest BCUT2D eigenvalue weighted by molar-refractivity contribution is 5.92. The fourth-order valence-electron chi connectivity index (χ4n) is 2.38. The van der Waals surface area contributed by atoms with E-state index >= 15 is 0 Å². The van der Waals surface area contributed by atoms with Crippen LogP contribution in [-0.4, -0.2) is 43.8 Å². The van der Waals surface area contributed by atoms with E-state index in [-0.39, 0.29) is 12.0 Å². The summed E-state index contributed by atoms with van der Waals surface area (Å²) in [7, 11) is 0. The Hall–Kier alpha value is -2.08. The quantitative estimate of drug-likeness (QED) is 0.730. The first kappa shape index (κ1) is 19.2. The summed E-state index contributed by atoms with van der Waals surface area (Å²) in [6.07, 6.45) is 1.40. The van der Waals surface area contributed by atoms with Crippen LogP contribution < -0.4 is 10.1 Å². The molecule has 1 aromatic rings. The molecule has 1 aromatic carbocycles. The standard InChI is InChI=1S/C19H27NO5/c1-13(2)11-20-18(21)14(3)25-19(22)15-6-8-16(9-7-15)24-12-17-5-4-10-23-17/h6-9,13-14,17H,4-5,10-12H2,1-3H3,(H,20,21). The summed E-state index contributed by atoms with van der Waals surface area (Å²) >= 11 is 0. The average molecular weight is 349 g/mol. The molecule has 1 N–H and O–H groups in total. The second-order valence-corrected chi connectivity index (χ2v) is 6.66. The Morgan fingerprint density at radius 2 is 1.96 bits per heavy atom. The third-order valence-electron chi connectivity index (χ3n) is 3.89. The molecule has 2 unspecified atom stereocenters. The van der Waals surface area contributed by atoms with Crippen LogP contribution in [0, 0.1) is 5.92 Å². The van der Waals surface area contributed by atoms with E-state index in [1.165, 1.54) is 0 Å². The van der Waals surface area contributed by atoms with Gasteiger partial charge in [-0.1, -0.05) is 13.8 Å². The van der Waals surface area contributed by atoms with Crippen molar-refractivity contribution in [2.45, 2.75) is 45.8 Å². The molecule has 138 valence electrons. The molecule has 1 fully saturated rings. The summed E-state index contributed by atoms with van der Waals surface area (Å²) in [5.41, 5.74) is 0.382. The van der Waals surface area contributed by atoms with Crippen LogP contribution in [0.15, 0.2) is 24.3 Å². The van der Waals surface area contributed by atoms with E-state index in [4.69, 9.17) is 14.2 Å². The van der Waals surface area contributed by atoms with Crippen molar-refractivity contribution in [2.24, 2.45) is 5.92 Å². The van der Waals surface area contributed by atoms with Gasteiger partial charge in [0.15, 0.2) is 6.10 Å². The molecular weight excluding hydrogens is 322 g/mol. The van der Waals surface area contributed by atoms with Crippen molar-refractivity contribution < 1.29 is 23.8 Å². The third-order valence-corrected chi connectivity index (χ3v) is 3.89. The highest BCUT2D eigenvalue weighted by Gasteiger charge is 2.19. The van der Waals surface area contributed by atoms with Crippen molar-refractivity contribution in [3.8, 4) is 5.75 Å². The Morgan fingerprint density at radius 1 is 1.24 bits per heavy atom. The highest BCUT2D eigenvalue weighted by Crippen LogP contribution is 2.17. The molecule has 2 atom stereocenters. The van der Waals surface area contributed by atoms with Gasteiger partial charge in [-0.2, -0.15) is 0 Å². The molecule has 6 heteroatoms. The first-order valence-electron chi connectivity index (χ1n) is 8.79. The van der Waals surface area contributed by atoms with Crippen molar-refractivity contribution >= 4 is 11.9 Å². The van der Waals surface area contributed by atoms with E-state index in [0.717, 1.165) is 19.4 Å². The Morgan fingerprint density at radius 3 is 2.56 bits per heavy atom. The van der Waals surface area contributed by atoms with Gasteiger partial charge in [0.1, 0.15) is 12.4 Å². The number of hydrogen-bond donors (Lipinski definition) is 1. The molecule has 1 saturated heterocycles. The number of carbonyl (C=O) groups is 2. The molecule has 0 aliphatic carbocycles. The molecule has 0 bridgehead atoms. The summed E-state index contributed by atoms with van der Waals surface area (Å²) in [4.78, 5) is 24.0. The molecule has 1 aliphatic heterocycles. The van der Waals surface area contributed by atoms with Crippen molar-refractivity contribution in [3.05, 3.63) is 29.8 Å². The summed E-state index contributed by atoms with van der Waals surface area (Å²) < 4.78 is 16.4. The number of ether oxygens (including phenoxy) is 3. The summed E-state index contributed by atoms with van der Waals surface area (Å²) in [6, 6.07) is 6.70. The average Bonchev–Trinajstić information content (AvgIpc) is 3.11. The van der Waals surface area contributed by atoms with Gasteiger partial charge in [0.05, 0.1) is 11.7 Å². The molecule has 0 aromatic heterocycles. The molecule has 6 nitrogen and oxygen atoms in total. The van der Waals surface area contributed by atoms with Gasteiger partial charge in [0, 0.05) is 13.2 Å². The van der Waals surface area contributed by atoms with Gasteiger partial charge in [0.25, 0.3) is 5.91 Å². The normalized spacial score (nSPS) is 18.0. The maximum Gasteiger partial charge on any atom is 0.338 e. The smallest absolute Gasteiger partial charge is 0.338 e.